The van der Waals surface area contributed by atoms with E-state index in [1.807, 2.05) is 0 Å². The fourth-order valence-corrected chi connectivity index (χ4v) is 2.56. The topological polar surface area (TPSA) is 36.3 Å². The second-order valence-corrected chi connectivity index (χ2v) is 4.54. The molecule has 0 aromatic rings. The molecule has 0 radical (unpaired) electrons. The van der Waals surface area contributed by atoms with Gasteiger partial charge in [0.1, 0.15) is 0 Å². The summed E-state index contributed by atoms with van der Waals surface area (Å²) in [6.07, 6.45) is 3.70. The molecule has 2 fully saturated rings. The van der Waals surface area contributed by atoms with Crippen molar-refractivity contribution in [3.8, 4) is 0 Å². The first-order chi connectivity index (χ1) is 6.20. The van der Waals surface area contributed by atoms with Gasteiger partial charge in [-0.1, -0.05) is 0 Å². The van der Waals surface area contributed by atoms with Gasteiger partial charge in [0, 0.05) is 12.0 Å². The molecule has 2 unspecified atom stereocenters. The second kappa shape index (κ2) is 3.46. The van der Waals surface area contributed by atoms with Gasteiger partial charge in [-0.25, -0.2) is 0 Å². The van der Waals surface area contributed by atoms with Crippen LogP contribution in [0.2, 0.25) is 0 Å². The lowest BCUT2D eigenvalue weighted by atomic mass is 9.82. The van der Waals surface area contributed by atoms with Crippen LogP contribution in [0.3, 0.4) is 0 Å². The van der Waals surface area contributed by atoms with Crippen molar-refractivity contribution in [1.29, 1.82) is 5.41 Å². The first-order valence-corrected chi connectivity index (χ1v) is 5.17. The van der Waals surface area contributed by atoms with Crippen molar-refractivity contribution in [1.82, 2.24) is 4.90 Å². The van der Waals surface area contributed by atoms with Crippen LogP contribution in [0.1, 0.15) is 19.3 Å². The number of piperidine rings is 1. The van der Waals surface area contributed by atoms with Crippen molar-refractivity contribution in [2.75, 3.05) is 26.2 Å². The average molecular weight is 203 g/mol. The zero-order valence-electron chi connectivity index (χ0n) is 7.68. The van der Waals surface area contributed by atoms with E-state index in [2.05, 4.69) is 4.90 Å². The van der Waals surface area contributed by atoms with Crippen LogP contribution in [-0.4, -0.2) is 36.5 Å². The number of fused-ring (bicyclic) bond motifs is 2. The lowest BCUT2D eigenvalue weighted by Crippen LogP contribution is -2.37. The van der Waals surface area contributed by atoms with E-state index in [9.17, 15) is 0 Å². The summed E-state index contributed by atoms with van der Waals surface area (Å²) >= 11 is 5.38. The average Bonchev–Trinajstić information content (AvgIpc) is 2.40. The maximum atomic E-state index is 7.02. The Balaban J connectivity index is 1.92. The summed E-state index contributed by atoms with van der Waals surface area (Å²) in [7, 11) is 0. The molecule has 2 aliphatic heterocycles. The van der Waals surface area contributed by atoms with E-state index in [0.29, 0.717) is 12.0 Å². The molecule has 2 bridgehead atoms. The lowest BCUT2D eigenvalue weighted by molar-refractivity contribution is 0.102. The predicted octanol–water partition coefficient (Wildman–Crippen LogP) is 1.66. The minimum absolute atomic E-state index is 0.168. The molecule has 2 heterocycles. The number of ether oxygens (including phenoxy) is 1. The Kier molecular flexibility index (Phi) is 2.47. The molecule has 3 nitrogen and oxygen atoms in total. The van der Waals surface area contributed by atoms with E-state index in [4.69, 9.17) is 21.7 Å². The van der Waals surface area contributed by atoms with E-state index in [-0.39, 0.29) is 5.36 Å². The summed E-state index contributed by atoms with van der Waals surface area (Å²) in [6.45, 7) is 4.20. The fourth-order valence-electron chi connectivity index (χ4n) is 2.51. The molecule has 2 rings (SSSR count). The smallest absolute Gasteiger partial charge is 0.279 e. The van der Waals surface area contributed by atoms with Gasteiger partial charge in [-0.05, 0) is 44.0 Å². The standard InChI is InChI=1S/C9H15ClN2O/c10-8(11)13-7-9-2-1-4-12(6-9)5-3-9/h11H,1-7H2. The Bertz CT molecular complexity index is 218. The summed E-state index contributed by atoms with van der Waals surface area (Å²) in [5.41, 5.74) is 0.305. The van der Waals surface area contributed by atoms with E-state index < -0.39 is 0 Å². The molecule has 13 heavy (non-hydrogen) atoms. The summed E-state index contributed by atoms with van der Waals surface area (Å²) in [4.78, 5) is 2.48. The molecule has 74 valence electrons. The van der Waals surface area contributed by atoms with Crippen molar-refractivity contribution in [3.05, 3.63) is 0 Å². The van der Waals surface area contributed by atoms with Gasteiger partial charge >= 0.3 is 0 Å². The lowest BCUT2D eigenvalue weighted by Gasteiger charge is -2.33. The first kappa shape index (κ1) is 9.28. The normalized spacial score (nSPS) is 37.5. The van der Waals surface area contributed by atoms with Gasteiger partial charge < -0.3 is 9.64 Å². The number of nitrogens with zero attached hydrogens (tertiary/aromatic N) is 1. The molecule has 0 aliphatic carbocycles. The Hall–Kier alpha value is -0.280. The largest absolute Gasteiger partial charge is 0.469 e. The molecule has 0 aromatic heterocycles. The molecule has 0 aromatic carbocycles. The fraction of sp³-hybridized carbons (Fsp3) is 0.889. The Morgan fingerprint density at radius 2 is 2.31 bits per heavy atom. The highest BCUT2D eigenvalue weighted by Crippen LogP contribution is 2.39. The maximum Gasteiger partial charge on any atom is 0.279 e. The molecule has 2 atom stereocenters. The van der Waals surface area contributed by atoms with Gasteiger partial charge in [-0.15, -0.1) is 0 Å². The van der Waals surface area contributed by atoms with Gasteiger partial charge in [0.05, 0.1) is 6.61 Å². The van der Waals surface area contributed by atoms with E-state index in [1.165, 1.54) is 32.4 Å². The second-order valence-electron chi connectivity index (χ2n) is 4.19. The summed E-state index contributed by atoms with van der Waals surface area (Å²) < 4.78 is 5.12. The number of halogens is 1. The number of nitrogens with one attached hydrogen (secondary N) is 1. The highest BCUT2D eigenvalue weighted by molar-refractivity contribution is 6.61. The highest BCUT2D eigenvalue weighted by Gasteiger charge is 2.41. The molecule has 0 saturated carbocycles. The molecule has 0 spiro atoms. The highest BCUT2D eigenvalue weighted by atomic mass is 35.5. The molecule has 2 saturated heterocycles. The number of hydrogen-bond acceptors (Lipinski definition) is 3. The molecule has 1 N–H and O–H groups in total. The Labute approximate surface area is 83.5 Å². The van der Waals surface area contributed by atoms with Crippen LogP contribution in [0.5, 0.6) is 0 Å². The molecular weight excluding hydrogens is 188 g/mol. The van der Waals surface area contributed by atoms with E-state index in [1.54, 1.807) is 0 Å². The van der Waals surface area contributed by atoms with E-state index in [0.717, 1.165) is 6.54 Å². The van der Waals surface area contributed by atoms with Crippen molar-refractivity contribution >= 4 is 17.0 Å². The minimum Gasteiger partial charge on any atom is -0.469 e. The van der Waals surface area contributed by atoms with Gasteiger partial charge in [-0.3, -0.25) is 5.41 Å². The zero-order chi connectivity index (χ0) is 9.31. The molecule has 2 aliphatic rings. The van der Waals surface area contributed by atoms with Crippen LogP contribution in [0.25, 0.3) is 0 Å². The molecule has 4 heteroatoms. The molecule has 0 amide bonds. The quantitative estimate of drug-likeness (QED) is 0.546. The number of hydrogen-bond donors (Lipinski definition) is 1. The van der Waals surface area contributed by atoms with Gasteiger partial charge in [0.25, 0.3) is 5.36 Å². The third-order valence-electron chi connectivity index (χ3n) is 3.20. The zero-order valence-corrected chi connectivity index (χ0v) is 8.44. The van der Waals surface area contributed by atoms with Crippen LogP contribution in [0.15, 0.2) is 0 Å². The Morgan fingerprint density at radius 3 is 3.08 bits per heavy atom. The summed E-state index contributed by atoms with van der Waals surface area (Å²) in [5, 5.41) is 6.85. The minimum atomic E-state index is -0.168. The maximum absolute atomic E-state index is 7.02. The monoisotopic (exact) mass is 202 g/mol. The SMILES string of the molecule is N=C(Cl)OCC12CCCN(CC1)C2. The van der Waals surface area contributed by atoms with Crippen LogP contribution >= 0.6 is 11.6 Å². The number of rotatable bonds is 2. The van der Waals surface area contributed by atoms with Crippen molar-refractivity contribution in [2.45, 2.75) is 19.3 Å². The van der Waals surface area contributed by atoms with Gasteiger partial charge in [-0.2, -0.15) is 0 Å². The first-order valence-electron chi connectivity index (χ1n) is 4.79. The van der Waals surface area contributed by atoms with Crippen LogP contribution < -0.4 is 0 Å². The van der Waals surface area contributed by atoms with E-state index >= 15 is 0 Å². The van der Waals surface area contributed by atoms with Gasteiger partial charge in [0.2, 0.25) is 0 Å². The summed E-state index contributed by atoms with van der Waals surface area (Å²) in [5.74, 6) is 0. The molecular formula is C9H15ClN2O. The Morgan fingerprint density at radius 1 is 1.46 bits per heavy atom. The van der Waals surface area contributed by atoms with Crippen molar-refractivity contribution < 1.29 is 4.74 Å². The third-order valence-corrected chi connectivity index (χ3v) is 3.31. The summed E-state index contributed by atoms with van der Waals surface area (Å²) in [6, 6.07) is 0. The predicted molar refractivity (Wildman–Crippen MR) is 52.3 cm³/mol. The third kappa shape index (κ3) is 1.97. The van der Waals surface area contributed by atoms with Crippen LogP contribution in [0.4, 0.5) is 0 Å². The van der Waals surface area contributed by atoms with Crippen molar-refractivity contribution in [3.63, 3.8) is 0 Å². The van der Waals surface area contributed by atoms with Gasteiger partial charge in [0.15, 0.2) is 0 Å². The van der Waals surface area contributed by atoms with Crippen LogP contribution in [0, 0.1) is 10.8 Å². The van der Waals surface area contributed by atoms with Crippen LogP contribution in [-0.2, 0) is 4.74 Å². The van der Waals surface area contributed by atoms with Crippen molar-refractivity contribution in [2.24, 2.45) is 5.41 Å².